The van der Waals surface area contributed by atoms with Gasteiger partial charge >= 0.3 is 5.97 Å². The predicted molar refractivity (Wildman–Crippen MR) is 72.6 cm³/mol. The Balaban J connectivity index is 2.09. The van der Waals surface area contributed by atoms with Gasteiger partial charge in [0, 0.05) is 6.54 Å². The monoisotopic (exact) mass is 294 g/mol. The zero-order valence-electron chi connectivity index (χ0n) is 11.4. The molecule has 0 heterocycles. The van der Waals surface area contributed by atoms with Crippen LogP contribution < -0.4 is 5.32 Å². The molecule has 2 atom stereocenters. The maximum Gasteiger partial charge on any atom is 0.306 e. The van der Waals surface area contributed by atoms with Gasteiger partial charge < -0.3 is 10.4 Å². The van der Waals surface area contributed by atoms with E-state index in [1.165, 1.54) is 0 Å². The summed E-state index contributed by atoms with van der Waals surface area (Å²) >= 11 is 0. The number of nitriles is 1. The zero-order valence-corrected chi connectivity index (χ0v) is 11.4. The largest absolute Gasteiger partial charge is 0.481 e. The SMILES string of the molecule is N#Cc1cc(F)c(NCC2CCCCC2C(=O)O)c(F)c1. The lowest BCUT2D eigenvalue weighted by molar-refractivity contribution is -0.144. The summed E-state index contributed by atoms with van der Waals surface area (Å²) in [6.45, 7) is 0.205. The van der Waals surface area contributed by atoms with Crippen molar-refractivity contribution in [3.8, 4) is 6.07 Å². The number of carboxylic acids is 1. The van der Waals surface area contributed by atoms with Gasteiger partial charge in [0.25, 0.3) is 0 Å². The molecule has 2 rings (SSSR count). The fourth-order valence-corrected chi connectivity index (χ4v) is 2.82. The molecule has 1 saturated carbocycles. The van der Waals surface area contributed by atoms with Crippen LogP contribution >= 0.6 is 0 Å². The summed E-state index contributed by atoms with van der Waals surface area (Å²) in [4.78, 5) is 11.2. The number of benzene rings is 1. The first-order valence-electron chi connectivity index (χ1n) is 6.88. The molecule has 1 aromatic carbocycles. The van der Waals surface area contributed by atoms with Gasteiger partial charge in [-0.15, -0.1) is 0 Å². The smallest absolute Gasteiger partial charge is 0.306 e. The van der Waals surface area contributed by atoms with Crippen molar-refractivity contribution in [1.82, 2.24) is 0 Å². The summed E-state index contributed by atoms with van der Waals surface area (Å²) < 4.78 is 27.5. The Bertz CT molecular complexity index is 561. The van der Waals surface area contributed by atoms with Crippen molar-refractivity contribution in [2.24, 2.45) is 11.8 Å². The molecule has 1 fully saturated rings. The molecule has 2 N–H and O–H groups in total. The molecule has 21 heavy (non-hydrogen) atoms. The van der Waals surface area contributed by atoms with Crippen LogP contribution in [0.25, 0.3) is 0 Å². The molecule has 6 heteroatoms. The Morgan fingerprint density at radius 1 is 1.33 bits per heavy atom. The maximum atomic E-state index is 13.7. The summed E-state index contributed by atoms with van der Waals surface area (Å²) in [7, 11) is 0. The van der Waals surface area contributed by atoms with Crippen molar-refractivity contribution >= 4 is 11.7 Å². The molecule has 0 radical (unpaired) electrons. The number of anilines is 1. The molecular formula is C15H16F2N2O2. The highest BCUT2D eigenvalue weighted by atomic mass is 19.1. The summed E-state index contributed by atoms with van der Waals surface area (Å²) in [5, 5.41) is 20.5. The van der Waals surface area contributed by atoms with Crippen LogP contribution in [0.2, 0.25) is 0 Å². The second kappa shape index (κ2) is 6.53. The van der Waals surface area contributed by atoms with Gasteiger partial charge in [0.15, 0.2) is 11.6 Å². The first kappa shape index (κ1) is 15.2. The van der Waals surface area contributed by atoms with E-state index in [0.29, 0.717) is 6.42 Å². The molecule has 2 unspecified atom stereocenters. The van der Waals surface area contributed by atoms with Gasteiger partial charge in [-0.3, -0.25) is 4.79 Å². The second-order valence-corrected chi connectivity index (χ2v) is 5.30. The van der Waals surface area contributed by atoms with Gasteiger partial charge in [-0.05, 0) is 30.9 Å². The van der Waals surface area contributed by atoms with E-state index in [1.54, 1.807) is 6.07 Å². The van der Waals surface area contributed by atoms with Crippen LogP contribution in [0.15, 0.2) is 12.1 Å². The van der Waals surface area contributed by atoms with Crippen LogP contribution in [0.1, 0.15) is 31.2 Å². The molecule has 1 aromatic rings. The van der Waals surface area contributed by atoms with Crippen molar-refractivity contribution in [2.45, 2.75) is 25.7 Å². The van der Waals surface area contributed by atoms with E-state index < -0.39 is 23.5 Å². The fraction of sp³-hybridized carbons (Fsp3) is 0.467. The normalized spacial score (nSPS) is 21.6. The highest BCUT2D eigenvalue weighted by Crippen LogP contribution is 2.31. The van der Waals surface area contributed by atoms with E-state index in [0.717, 1.165) is 31.4 Å². The Morgan fingerprint density at radius 3 is 2.52 bits per heavy atom. The topological polar surface area (TPSA) is 73.1 Å². The number of hydrogen-bond donors (Lipinski definition) is 2. The standard InChI is InChI=1S/C15H16F2N2O2/c16-12-5-9(7-18)6-13(17)14(12)19-8-10-3-1-2-4-11(10)15(20)21/h5-6,10-11,19H,1-4,8H2,(H,20,21). The number of nitrogens with zero attached hydrogens (tertiary/aromatic N) is 1. The van der Waals surface area contributed by atoms with E-state index in [9.17, 15) is 18.7 Å². The quantitative estimate of drug-likeness (QED) is 0.894. The van der Waals surface area contributed by atoms with E-state index >= 15 is 0 Å². The van der Waals surface area contributed by atoms with Crippen molar-refractivity contribution in [3.05, 3.63) is 29.3 Å². The molecule has 0 aromatic heterocycles. The number of aliphatic carboxylic acids is 1. The lowest BCUT2D eigenvalue weighted by Crippen LogP contribution is -2.32. The minimum absolute atomic E-state index is 0.0865. The fourth-order valence-electron chi connectivity index (χ4n) is 2.82. The third kappa shape index (κ3) is 3.48. The van der Waals surface area contributed by atoms with Gasteiger partial charge in [-0.25, -0.2) is 8.78 Å². The first-order valence-corrected chi connectivity index (χ1v) is 6.88. The third-order valence-corrected chi connectivity index (χ3v) is 3.94. The second-order valence-electron chi connectivity index (χ2n) is 5.30. The Labute approximate surface area is 121 Å². The van der Waals surface area contributed by atoms with E-state index in [4.69, 9.17) is 5.26 Å². The Hall–Kier alpha value is -2.16. The lowest BCUT2D eigenvalue weighted by Gasteiger charge is -2.29. The maximum absolute atomic E-state index is 13.7. The molecule has 1 aliphatic carbocycles. The molecule has 0 bridgehead atoms. The van der Waals surface area contributed by atoms with E-state index in [2.05, 4.69) is 5.32 Å². The average Bonchev–Trinajstić information content (AvgIpc) is 2.46. The molecule has 0 amide bonds. The molecule has 0 spiro atoms. The molecule has 0 aliphatic heterocycles. The molecule has 4 nitrogen and oxygen atoms in total. The van der Waals surface area contributed by atoms with Gasteiger partial charge in [0.05, 0.1) is 17.6 Å². The van der Waals surface area contributed by atoms with Crippen LogP contribution in [0.4, 0.5) is 14.5 Å². The number of nitrogens with one attached hydrogen (secondary N) is 1. The summed E-state index contributed by atoms with van der Waals surface area (Å²) in [6, 6.07) is 3.60. The van der Waals surface area contributed by atoms with Crippen LogP contribution in [0, 0.1) is 34.8 Å². The van der Waals surface area contributed by atoms with Crippen LogP contribution in [0.5, 0.6) is 0 Å². The van der Waals surface area contributed by atoms with Crippen molar-refractivity contribution in [1.29, 1.82) is 5.26 Å². The van der Waals surface area contributed by atoms with Gasteiger partial charge in [0.2, 0.25) is 0 Å². The Kier molecular flexibility index (Phi) is 4.73. The van der Waals surface area contributed by atoms with Gasteiger partial charge in [-0.2, -0.15) is 5.26 Å². The number of carbonyl (C=O) groups is 1. The predicted octanol–water partition coefficient (Wildman–Crippen LogP) is 3.14. The highest BCUT2D eigenvalue weighted by molar-refractivity contribution is 5.70. The van der Waals surface area contributed by atoms with Gasteiger partial charge in [0.1, 0.15) is 5.69 Å². The molecular weight excluding hydrogens is 278 g/mol. The average molecular weight is 294 g/mol. The molecule has 112 valence electrons. The lowest BCUT2D eigenvalue weighted by atomic mass is 9.79. The molecule has 1 aliphatic rings. The first-order chi connectivity index (χ1) is 10.0. The van der Waals surface area contributed by atoms with Crippen molar-refractivity contribution in [3.63, 3.8) is 0 Å². The van der Waals surface area contributed by atoms with Crippen LogP contribution in [0.3, 0.4) is 0 Å². The third-order valence-electron chi connectivity index (χ3n) is 3.94. The van der Waals surface area contributed by atoms with E-state index in [1.807, 2.05) is 0 Å². The Morgan fingerprint density at radius 2 is 1.95 bits per heavy atom. The number of hydrogen-bond acceptors (Lipinski definition) is 3. The summed E-state index contributed by atoms with van der Waals surface area (Å²) in [6.07, 6.45) is 3.12. The summed E-state index contributed by atoms with van der Waals surface area (Å²) in [5.41, 5.74) is -0.389. The van der Waals surface area contributed by atoms with Crippen molar-refractivity contribution in [2.75, 3.05) is 11.9 Å². The number of halogens is 2. The van der Waals surface area contributed by atoms with Crippen LogP contribution in [-0.2, 0) is 4.79 Å². The highest BCUT2D eigenvalue weighted by Gasteiger charge is 2.30. The van der Waals surface area contributed by atoms with Crippen molar-refractivity contribution < 1.29 is 18.7 Å². The number of rotatable bonds is 4. The molecule has 0 saturated heterocycles. The van der Waals surface area contributed by atoms with Crippen LogP contribution in [-0.4, -0.2) is 17.6 Å². The van der Waals surface area contributed by atoms with E-state index in [-0.39, 0.29) is 23.7 Å². The number of carboxylic acid groups (broad SMARTS) is 1. The minimum Gasteiger partial charge on any atom is -0.481 e. The minimum atomic E-state index is -0.859. The zero-order chi connectivity index (χ0) is 15.4. The van der Waals surface area contributed by atoms with Gasteiger partial charge in [-0.1, -0.05) is 12.8 Å². The summed E-state index contributed by atoms with van der Waals surface area (Å²) in [5.74, 6) is -3.16.